The van der Waals surface area contributed by atoms with E-state index in [2.05, 4.69) is 96.9 Å². The number of hydrogen-bond donors (Lipinski definition) is 0. The number of methoxy groups -OCH3 is 1. The molecule has 0 bridgehead atoms. The van der Waals surface area contributed by atoms with Gasteiger partial charge in [0.2, 0.25) is 0 Å². The van der Waals surface area contributed by atoms with Crippen LogP contribution < -0.4 is 0 Å². The Bertz CT molecular complexity index is 669. The van der Waals surface area contributed by atoms with E-state index in [-0.39, 0.29) is 30.3 Å². The van der Waals surface area contributed by atoms with Gasteiger partial charge >= 0.3 is 0 Å². The van der Waals surface area contributed by atoms with Crippen LogP contribution in [0.1, 0.15) is 110 Å². The maximum absolute atomic E-state index is 7.18. The summed E-state index contributed by atoms with van der Waals surface area (Å²) in [5, 5.41) is 0. The van der Waals surface area contributed by atoms with Gasteiger partial charge < -0.3 is 14.2 Å². The predicted octanol–water partition coefficient (Wildman–Crippen LogP) is 8.88. The number of rotatable bonds is 12. The lowest BCUT2D eigenvalue weighted by Crippen LogP contribution is -2.58. The van der Waals surface area contributed by atoms with Gasteiger partial charge in [-0.1, -0.05) is 96.9 Å². The molecule has 2 heterocycles. The molecule has 37 heavy (non-hydrogen) atoms. The third kappa shape index (κ3) is 7.33. The molecule has 220 valence electrons. The Morgan fingerprint density at radius 3 is 1.41 bits per heavy atom. The highest BCUT2D eigenvalue weighted by Crippen LogP contribution is 2.54. The van der Waals surface area contributed by atoms with Crippen LogP contribution >= 0.6 is 0 Å². The highest BCUT2D eigenvalue weighted by Gasteiger charge is 2.61. The summed E-state index contributed by atoms with van der Waals surface area (Å²) in [7, 11) is 1.78. The third-order valence-electron chi connectivity index (χ3n) is 9.28. The van der Waals surface area contributed by atoms with E-state index in [1.807, 2.05) is 0 Å². The van der Waals surface area contributed by atoms with Crippen LogP contribution in [0.3, 0.4) is 0 Å². The van der Waals surface area contributed by atoms with Gasteiger partial charge in [0.1, 0.15) is 0 Å². The molecule has 9 unspecified atom stereocenters. The summed E-state index contributed by atoms with van der Waals surface area (Å²) >= 11 is 0. The van der Waals surface area contributed by atoms with Crippen molar-refractivity contribution in [2.24, 2.45) is 71.0 Å². The van der Waals surface area contributed by atoms with Crippen molar-refractivity contribution in [3.63, 3.8) is 0 Å². The van der Waals surface area contributed by atoms with Gasteiger partial charge in [0.05, 0.1) is 12.2 Å². The first kappa shape index (κ1) is 33.0. The van der Waals surface area contributed by atoms with Crippen molar-refractivity contribution in [3.05, 3.63) is 0 Å². The van der Waals surface area contributed by atoms with Crippen molar-refractivity contribution in [3.8, 4) is 0 Å². The molecule has 0 aromatic carbocycles. The molecule has 0 radical (unpaired) electrons. The zero-order chi connectivity index (χ0) is 28.4. The highest BCUT2D eigenvalue weighted by atomic mass is 16.9. The van der Waals surface area contributed by atoms with Gasteiger partial charge in [-0.15, -0.1) is 0 Å². The van der Waals surface area contributed by atoms with E-state index in [0.717, 1.165) is 12.8 Å². The van der Waals surface area contributed by atoms with Gasteiger partial charge in [0.15, 0.2) is 6.29 Å². The molecular weight excluding hydrogens is 460 g/mol. The average Bonchev–Trinajstić information content (AvgIpc) is 3.05. The Labute approximate surface area is 231 Å². The molecule has 2 saturated heterocycles. The van der Waals surface area contributed by atoms with E-state index < -0.39 is 5.97 Å². The van der Waals surface area contributed by atoms with E-state index >= 15 is 0 Å². The van der Waals surface area contributed by atoms with Crippen molar-refractivity contribution in [1.82, 2.24) is 0 Å². The molecular formula is C33H64O4. The van der Waals surface area contributed by atoms with E-state index in [0.29, 0.717) is 59.2 Å². The molecule has 0 N–H and O–H groups in total. The minimum absolute atomic E-state index is 0.115. The quantitative estimate of drug-likeness (QED) is 0.239. The van der Waals surface area contributed by atoms with E-state index in [1.165, 1.54) is 0 Å². The molecule has 0 spiro atoms. The van der Waals surface area contributed by atoms with Crippen LogP contribution in [0.4, 0.5) is 0 Å². The smallest absolute Gasteiger partial charge is 0.288 e. The summed E-state index contributed by atoms with van der Waals surface area (Å²) in [6.07, 6.45) is 2.00. The lowest BCUT2D eigenvalue weighted by Gasteiger charge is -2.53. The van der Waals surface area contributed by atoms with Crippen LogP contribution in [0.2, 0.25) is 0 Å². The Morgan fingerprint density at radius 2 is 1.03 bits per heavy atom. The molecule has 4 nitrogen and oxygen atoms in total. The highest BCUT2D eigenvalue weighted by molar-refractivity contribution is 4.98. The van der Waals surface area contributed by atoms with Crippen molar-refractivity contribution < 1.29 is 18.9 Å². The van der Waals surface area contributed by atoms with E-state index in [1.54, 1.807) is 7.11 Å². The molecule has 0 aromatic rings. The maximum Gasteiger partial charge on any atom is 0.288 e. The Kier molecular flexibility index (Phi) is 12.0. The minimum atomic E-state index is -1.09. The third-order valence-corrected chi connectivity index (χ3v) is 9.28. The van der Waals surface area contributed by atoms with Crippen molar-refractivity contribution in [1.29, 1.82) is 0 Å². The van der Waals surface area contributed by atoms with E-state index in [9.17, 15) is 0 Å². The molecule has 2 fully saturated rings. The summed E-state index contributed by atoms with van der Waals surface area (Å²) in [4.78, 5) is 0. The van der Waals surface area contributed by atoms with Crippen LogP contribution in [0.15, 0.2) is 0 Å². The fourth-order valence-electron chi connectivity index (χ4n) is 8.05. The summed E-state index contributed by atoms with van der Waals surface area (Å²) in [5.74, 6) is 4.22. The van der Waals surface area contributed by atoms with E-state index in [4.69, 9.17) is 18.9 Å². The first-order chi connectivity index (χ1) is 17.1. The van der Waals surface area contributed by atoms with Crippen LogP contribution in [0, 0.1) is 71.0 Å². The predicted molar refractivity (Wildman–Crippen MR) is 155 cm³/mol. The molecule has 2 aliphatic rings. The topological polar surface area (TPSA) is 36.9 Å². The van der Waals surface area contributed by atoms with Crippen molar-refractivity contribution in [2.45, 2.75) is 134 Å². The molecule has 4 heteroatoms. The number of ether oxygens (including phenoxy) is 4. The van der Waals surface area contributed by atoms with Crippen LogP contribution in [0.25, 0.3) is 0 Å². The zero-order valence-corrected chi connectivity index (χ0v) is 27.2. The van der Waals surface area contributed by atoms with Gasteiger partial charge in [0, 0.05) is 18.9 Å². The SMILES string of the molecule is COC1(OC2OC(CC(C)C)C(C(C)C)C(C(C)C)C2C(C)C)OC(CC(C)C)C(C(C)C)C1C(C)C. The molecule has 0 saturated carbocycles. The zero-order valence-electron chi connectivity index (χ0n) is 27.2. The standard InChI is InChI=1S/C33H64O4/c1-18(2)16-25-27(20(5)6)29(22(9)10)30(23(11)12)32(35-25)37-33(34-15)31(24(13)14)28(21(7)8)26(36-33)17-19(3)4/h18-32H,16-17H2,1-15H3. The monoisotopic (exact) mass is 524 g/mol. The largest absolute Gasteiger partial charge is 0.349 e. The summed E-state index contributed by atoms with van der Waals surface area (Å²) in [6, 6.07) is 0. The Hall–Kier alpha value is -0.160. The van der Waals surface area contributed by atoms with Crippen LogP contribution in [-0.2, 0) is 18.9 Å². The molecule has 2 rings (SSSR count). The lowest BCUT2D eigenvalue weighted by atomic mass is 9.62. The second-order valence-electron chi connectivity index (χ2n) is 14.9. The molecule has 0 amide bonds. The second-order valence-corrected chi connectivity index (χ2v) is 14.9. The summed E-state index contributed by atoms with van der Waals surface area (Å²) in [6.45, 7) is 32.7. The first-order valence-electron chi connectivity index (χ1n) is 15.6. The van der Waals surface area contributed by atoms with Crippen LogP contribution in [-0.4, -0.2) is 31.6 Å². The second kappa shape index (κ2) is 13.5. The Morgan fingerprint density at radius 1 is 0.568 bits per heavy atom. The van der Waals surface area contributed by atoms with Crippen molar-refractivity contribution in [2.75, 3.05) is 7.11 Å². The van der Waals surface area contributed by atoms with Crippen LogP contribution in [0.5, 0.6) is 0 Å². The van der Waals surface area contributed by atoms with Gasteiger partial charge in [0.25, 0.3) is 5.97 Å². The van der Waals surface area contributed by atoms with Gasteiger partial charge in [-0.25, -0.2) is 0 Å². The molecule has 0 aliphatic carbocycles. The fraction of sp³-hybridized carbons (Fsp3) is 1.00. The lowest BCUT2D eigenvalue weighted by molar-refractivity contribution is -0.444. The first-order valence-corrected chi connectivity index (χ1v) is 15.6. The maximum atomic E-state index is 7.18. The average molecular weight is 525 g/mol. The van der Waals surface area contributed by atoms with Gasteiger partial charge in [-0.2, -0.15) is 0 Å². The van der Waals surface area contributed by atoms with Gasteiger partial charge in [-0.3, -0.25) is 4.74 Å². The van der Waals surface area contributed by atoms with Gasteiger partial charge in [-0.05, 0) is 72.0 Å². The normalized spacial score (nSPS) is 37.5. The molecule has 2 aliphatic heterocycles. The Balaban J connectivity index is 2.59. The fourth-order valence-corrected chi connectivity index (χ4v) is 8.05. The summed E-state index contributed by atoms with van der Waals surface area (Å²) in [5.41, 5.74) is 0. The minimum Gasteiger partial charge on any atom is -0.349 e. The van der Waals surface area contributed by atoms with Crippen molar-refractivity contribution >= 4 is 0 Å². The summed E-state index contributed by atoms with van der Waals surface area (Å²) < 4.78 is 27.6. The number of hydrogen-bond acceptors (Lipinski definition) is 4. The molecule has 9 atom stereocenters. The molecule has 0 aromatic heterocycles.